The fraction of sp³-hybridized carbons (Fsp3) is 0.429. The molecular weight excluding hydrogens is 263 g/mol. The summed E-state index contributed by atoms with van der Waals surface area (Å²) < 4.78 is 14.2. The Morgan fingerprint density at radius 2 is 2.05 bits per heavy atom. The van der Waals surface area contributed by atoms with E-state index in [9.17, 15) is 19.1 Å². The van der Waals surface area contributed by atoms with Crippen LogP contribution in [0.15, 0.2) is 18.2 Å². The predicted octanol–water partition coefficient (Wildman–Crippen LogP) is 1.12. The summed E-state index contributed by atoms with van der Waals surface area (Å²) in [5.74, 6) is -1.55. The Bertz CT molecular complexity index is 570. The van der Waals surface area contributed by atoms with Gasteiger partial charge in [0.1, 0.15) is 11.4 Å². The van der Waals surface area contributed by atoms with E-state index in [-0.39, 0.29) is 12.2 Å². The number of rotatable bonds is 2. The molecule has 0 spiro atoms. The van der Waals surface area contributed by atoms with Crippen molar-refractivity contribution < 1.29 is 19.1 Å². The molecule has 0 bridgehead atoms. The second kappa shape index (κ2) is 4.86. The number of halogens is 1. The smallest absolute Gasteiger partial charge is 0.251 e. The molecule has 0 saturated carbocycles. The standard InChI is InChI=1S/C14H17FN2O3/c1-8(18)9-5-4-6-10(15)12(9)17-7-11(19)16-13(20)14(17,2)3/h4-6,8,18H,7H2,1-3H3,(H,16,19,20)/t8-/m0/s1. The lowest BCUT2D eigenvalue weighted by Crippen LogP contribution is -2.64. The molecule has 108 valence electrons. The van der Waals surface area contributed by atoms with Crippen LogP contribution < -0.4 is 10.2 Å². The molecule has 1 atom stereocenters. The van der Waals surface area contributed by atoms with Gasteiger partial charge in [-0.2, -0.15) is 0 Å². The van der Waals surface area contributed by atoms with Crippen molar-refractivity contribution in [2.45, 2.75) is 32.4 Å². The highest BCUT2D eigenvalue weighted by molar-refractivity contribution is 6.06. The number of imide groups is 1. The largest absolute Gasteiger partial charge is 0.389 e. The molecule has 0 radical (unpaired) electrons. The number of amides is 2. The highest BCUT2D eigenvalue weighted by Crippen LogP contribution is 2.34. The minimum atomic E-state index is -1.08. The molecule has 2 rings (SSSR count). The first-order valence-electron chi connectivity index (χ1n) is 6.33. The zero-order chi connectivity index (χ0) is 15.1. The quantitative estimate of drug-likeness (QED) is 0.797. The third-order valence-corrected chi connectivity index (χ3v) is 3.52. The number of carbonyl (C=O) groups excluding carboxylic acids is 2. The van der Waals surface area contributed by atoms with Crippen LogP contribution in [0.5, 0.6) is 0 Å². The van der Waals surface area contributed by atoms with Crippen molar-refractivity contribution in [3.05, 3.63) is 29.6 Å². The molecule has 1 aromatic rings. The van der Waals surface area contributed by atoms with Crippen molar-refractivity contribution >= 4 is 17.5 Å². The molecule has 0 aliphatic carbocycles. The van der Waals surface area contributed by atoms with E-state index in [1.54, 1.807) is 19.9 Å². The van der Waals surface area contributed by atoms with Gasteiger partial charge >= 0.3 is 0 Å². The number of nitrogens with one attached hydrogen (secondary N) is 1. The van der Waals surface area contributed by atoms with Gasteiger partial charge < -0.3 is 10.0 Å². The number of hydrogen-bond acceptors (Lipinski definition) is 4. The van der Waals surface area contributed by atoms with Gasteiger partial charge in [0.2, 0.25) is 5.91 Å². The Morgan fingerprint density at radius 3 is 2.65 bits per heavy atom. The molecule has 1 heterocycles. The van der Waals surface area contributed by atoms with Crippen LogP contribution in [0.25, 0.3) is 0 Å². The van der Waals surface area contributed by atoms with Gasteiger partial charge in [-0.05, 0) is 26.8 Å². The van der Waals surface area contributed by atoms with E-state index in [2.05, 4.69) is 5.32 Å². The normalized spacial score (nSPS) is 19.8. The molecule has 1 saturated heterocycles. The SMILES string of the molecule is C[C@H](O)c1cccc(F)c1N1CC(=O)NC(=O)C1(C)C. The van der Waals surface area contributed by atoms with Crippen molar-refractivity contribution in [1.82, 2.24) is 5.32 Å². The van der Waals surface area contributed by atoms with E-state index in [4.69, 9.17) is 0 Å². The number of anilines is 1. The first-order chi connectivity index (χ1) is 9.25. The van der Waals surface area contributed by atoms with Crippen molar-refractivity contribution in [3.8, 4) is 0 Å². The Balaban J connectivity index is 2.60. The van der Waals surface area contributed by atoms with Crippen LogP contribution in [-0.2, 0) is 9.59 Å². The summed E-state index contributed by atoms with van der Waals surface area (Å²) in [6.07, 6.45) is -0.906. The molecule has 6 heteroatoms. The van der Waals surface area contributed by atoms with Gasteiger partial charge in [-0.1, -0.05) is 12.1 Å². The average molecular weight is 280 g/mol. The molecule has 5 nitrogen and oxygen atoms in total. The topological polar surface area (TPSA) is 69.6 Å². The minimum absolute atomic E-state index is 0.0932. The fourth-order valence-electron chi connectivity index (χ4n) is 2.30. The summed E-state index contributed by atoms with van der Waals surface area (Å²) in [4.78, 5) is 24.9. The molecular formula is C14H17FN2O3. The van der Waals surface area contributed by atoms with Crippen LogP contribution >= 0.6 is 0 Å². The van der Waals surface area contributed by atoms with Crippen LogP contribution in [0.1, 0.15) is 32.4 Å². The van der Waals surface area contributed by atoms with E-state index >= 15 is 0 Å². The number of aliphatic hydroxyl groups excluding tert-OH is 1. The molecule has 0 unspecified atom stereocenters. The number of para-hydroxylation sites is 1. The summed E-state index contributed by atoms with van der Waals surface area (Å²) in [6, 6.07) is 4.31. The maximum Gasteiger partial charge on any atom is 0.251 e. The lowest BCUT2D eigenvalue weighted by Gasteiger charge is -2.42. The van der Waals surface area contributed by atoms with E-state index < -0.39 is 29.3 Å². The van der Waals surface area contributed by atoms with Crippen molar-refractivity contribution in [2.75, 3.05) is 11.4 Å². The zero-order valence-electron chi connectivity index (χ0n) is 11.6. The molecule has 0 aromatic heterocycles. The Hall–Kier alpha value is -1.95. The summed E-state index contributed by atoms with van der Waals surface area (Å²) >= 11 is 0. The van der Waals surface area contributed by atoms with E-state index in [0.29, 0.717) is 5.56 Å². The lowest BCUT2D eigenvalue weighted by molar-refractivity contribution is -0.135. The highest BCUT2D eigenvalue weighted by atomic mass is 19.1. The maximum absolute atomic E-state index is 14.2. The van der Waals surface area contributed by atoms with Crippen molar-refractivity contribution in [1.29, 1.82) is 0 Å². The van der Waals surface area contributed by atoms with Gasteiger partial charge in [0, 0.05) is 5.56 Å². The Morgan fingerprint density at radius 1 is 1.40 bits per heavy atom. The molecule has 1 aromatic carbocycles. The Labute approximate surface area is 116 Å². The van der Waals surface area contributed by atoms with Crippen LogP contribution in [0.3, 0.4) is 0 Å². The molecule has 2 amide bonds. The number of aliphatic hydroxyl groups is 1. The van der Waals surface area contributed by atoms with Crippen molar-refractivity contribution in [2.24, 2.45) is 0 Å². The van der Waals surface area contributed by atoms with Crippen LogP contribution in [0, 0.1) is 5.82 Å². The maximum atomic E-state index is 14.2. The van der Waals surface area contributed by atoms with Gasteiger partial charge in [0.05, 0.1) is 18.3 Å². The van der Waals surface area contributed by atoms with Crippen LogP contribution in [0.2, 0.25) is 0 Å². The summed E-state index contributed by atoms with van der Waals surface area (Å²) in [6.45, 7) is 4.58. The number of piperazine rings is 1. The van der Waals surface area contributed by atoms with Gasteiger partial charge in [-0.3, -0.25) is 14.9 Å². The number of nitrogens with zero attached hydrogens (tertiary/aromatic N) is 1. The zero-order valence-corrected chi connectivity index (χ0v) is 11.6. The Kier molecular flexibility index (Phi) is 3.52. The number of carbonyl (C=O) groups is 2. The average Bonchev–Trinajstić information content (AvgIpc) is 2.34. The summed E-state index contributed by atoms with van der Waals surface area (Å²) in [7, 11) is 0. The van der Waals surface area contributed by atoms with Crippen LogP contribution in [-0.4, -0.2) is 29.0 Å². The summed E-state index contributed by atoms with van der Waals surface area (Å²) in [5, 5.41) is 12.0. The van der Waals surface area contributed by atoms with Gasteiger partial charge in [0.15, 0.2) is 0 Å². The van der Waals surface area contributed by atoms with Crippen molar-refractivity contribution in [3.63, 3.8) is 0 Å². The van der Waals surface area contributed by atoms with Gasteiger partial charge in [-0.15, -0.1) is 0 Å². The minimum Gasteiger partial charge on any atom is -0.389 e. The summed E-state index contributed by atoms with van der Waals surface area (Å²) in [5.41, 5.74) is -0.643. The number of hydrogen-bond donors (Lipinski definition) is 2. The molecule has 2 N–H and O–H groups in total. The van der Waals surface area contributed by atoms with E-state index in [0.717, 1.165) is 0 Å². The molecule has 1 fully saturated rings. The third-order valence-electron chi connectivity index (χ3n) is 3.52. The predicted molar refractivity (Wildman–Crippen MR) is 71.6 cm³/mol. The first kappa shape index (κ1) is 14.5. The monoisotopic (exact) mass is 280 g/mol. The third kappa shape index (κ3) is 2.27. The first-order valence-corrected chi connectivity index (χ1v) is 6.33. The fourth-order valence-corrected chi connectivity index (χ4v) is 2.30. The van der Waals surface area contributed by atoms with Gasteiger partial charge in [0.25, 0.3) is 5.91 Å². The highest BCUT2D eigenvalue weighted by Gasteiger charge is 2.42. The van der Waals surface area contributed by atoms with E-state index in [1.807, 2.05) is 0 Å². The molecule has 1 aliphatic heterocycles. The molecule has 1 aliphatic rings. The second-order valence-corrected chi connectivity index (χ2v) is 5.38. The second-order valence-electron chi connectivity index (χ2n) is 5.38. The van der Waals surface area contributed by atoms with Gasteiger partial charge in [-0.25, -0.2) is 4.39 Å². The molecule has 20 heavy (non-hydrogen) atoms. The lowest BCUT2D eigenvalue weighted by atomic mass is 9.95. The van der Waals surface area contributed by atoms with E-state index in [1.165, 1.54) is 24.0 Å². The van der Waals surface area contributed by atoms with Crippen LogP contribution in [0.4, 0.5) is 10.1 Å². The number of benzene rings is 1.